The number of amidine groups is 1. The fourth-order valence-corrected chi connectivity index (χ4v) is 6.08. The lowest BCUT2D eigenvalue weighted by Crippen LogP contribution is -2.59. The minimum Gasteiger partial charge on any atom is -0.464 e. The minimum absolute atomic E-state index is 0.162. The van der Waals surface area contributed by atoms with Crippen molar-refractivity contribution in [1.82, 2.24) is 10.2 Å². The van der Waals surface area contributed by atoms with Crippen LogP contribution in [-0.4, -0.2) is 80.4 Å². The van der Waals surface area contributed by atoms with Crippen LogP contribution >= 0.6 is 11.3 Å². The van der Waals surface area contributed by atoms with E-state index in [2.05, 4.69) is 48.6 Å². The van der Waals surface area contributed by atoms with E-state index in [-0.39, 0.29) is 25.9 Å². The number of unbranched alkanes of at least 4 members (excludes halogenated alkanes) is 6. The van der Waals surface area contributed by atoms with Crippen LogP contribution in [0.3, 0.4) is 0 Å². The van der Waals surface area contributed by atoms with E-state index in [0.717, 1.165) is 66.8 Å². The predicted octanol–water partition coefficient (Wildman–Crippen LogP) is 6.32. The molecule has 224 valence electrons. The highest BCUT2D eigenvalue weighted by atomic mass is 32.1. The quantitative estimate of drug-likeness (QED) is 0.163. The van der Waals surface area contributed by atoms with Gasteiger partial charge in [-0.3, -0.25) is 9.28 Å². The maximum atomic E-state index is 12.3. The second-order valence-electron chi connectivity index (χ2n) is 11.3. The van der Waals surface area contributed by atoms with Crippen LogP contribution in [0.25, 0.3) is 0 Å². The molecule has 10 heteroatoms. The molecule has 3 heterocycles. The fraction of sp³-hybridized carbons (Fsp3) is 0.581. The van der Waals surface area contributed by atoms with E-state index in [0.29, 0.717) is 10.9 Å². The van der Waals surface area contributed by atoms with Crippen molar-refractivity contribution in [2.24, 2.45) is 4.99 Å². The number of hydrogen-bond donors (Lipinski definition) is 2. The number of carbonyl (C=O) groups is 2. The molecule has 1 fully saturated rings. The highest BCUT2D eigenvalue weighted by molar-refractivity contribution is 7.16. The zero-order valence-corrected chi connectivity index (χ0v) is 25.7. The first-order valence-electron chi connectivity index (χ1n) is 15.1. The van der Waals surface area contributed by atoms with Crippen molar-refractivity contribution in [3.63, 3.8) is 0 Å². The highest BCUT2D eigenvalue weighted by Gasteiger charge is 2.33. The number of rotatable bonds is 13. The minimum atomic E-state index is -0.482. The smallest absolute Gasteiger partial charge is 0.411 e. The fourth-order valence-electron chi connectivity index (χ4n) is 5.16. The Labute approximate surface area is 248 Å². The van der Waals surface area contributed by atoms with Crippen LogP contribution < -0.4 is 10.6 Å². The van der Waals surface area contributed by atoms with Crippen molar-refractivity contribution in [2.75, 3.05) is 58.4 Å². The number of hydrogen-bond acceptors (Lipinski definition) is 8. The van der Waals surface area contributed by atoms with Gasteiger partial charge in [0, 0.05) is 11.3 Å². The van der Waals surface area contributed by atoms with Gasteiger partial charge in [-0.05, 0) is 31.5 Å². The Morgan fingerprint density at radius 1 is 1.07 bits per heavy atom. The molecule has 2 aromatic rings. The number of fused-ring (bicyclic) bond motifs is 2. The predicted molar refractivity (Wildman–Crippen MR) is 165 cm³/mol. The van der Waals surface area contributed by atoms with Crippen LogP contribution in [0.2, 0.25) is 0 Å². The third-order valence-electron chi connectivity index (χ3n) is 7.72. The number of alkyl carbamates (subject to hydrolysis) is 1. The standard InChI is InChI=1S/C31H45N5O4S/c1-4-5-6-7-8-9-10-15-28(37)39-21-16-32-31(38)40-23-36(3)19-17-35(18-20-36)29-25-22-24(2)41-30(25)34-27-14-12-11-13-26(27)33-29/h11-14,22H,4-10,15-21,23H2,1-3H3,(H-,32,33,34,38)/p+1. The Bertz CT molecular complexity index is 1190. The molecule has 0 atom stereocenters. The average molecular weight is 585 g/mol. The number of esters is 1. The van der Waals surface area contributed by atoms with Gasteiger partial charge in [-0.25, -0.2) is 9.79 Å². The second kappa shape index (κ2) is 15.2. The Kier molecular flexibility index (Phi) is 11.4. The van der Waals surface area contributed by atoms with Crippen molar-refractivity contribution < 1.29 is 23.5 Å². The van der Waals surface area contributed by atoms with E-state index in [1.54, 1.807) is 11.3 Å². The first-order valence-corrected chi connectivity index (χ1v) is 15.9. The average Bonchev–Trinajstić information content (AvgIpc) is 3.25. The van der Waals surface area contributed by atoms with Gasteiger partial charge >= 0.3 is 12.1 Å². The van der Waals surface area contributed by atoms with Gasteiger partial charge in [-0.2, -0.15) is 0 Å². The largest absolute Gasteiger partial charge is 0.464 e. The summed E-state index contributed by atoms with van der Waals surface area (Å²) in [5.41, 5.74) is 3.10. The molecule has 2 N–H and O–H groups in total. The summed E-state index contributed by atoms with van der Waals surface area (Å²) in [6.07, 6.45) is 8.10. The highest BCUT2D eigenvalue weighted by Crippen LogP contribution is 2.39. The number of quaternary nitrogens is 1. The van der Waals surface area contributed by atoms with Gasteiger partial charge in [-0.1, -0.05) is 57.6 Å². The Morgan fingerprint density at radius 2 is 1.80 bits per heavy atom. The number of benzene rings is 1. The Morgan fingerprint density at radius 3 is 2.59 bits per heavy atom. The Balaban J connectivity index is 1.15. The number of anilines is 2. The van der Waals surface area contributed by atoms with Gasteiger partial charge in [0.15, 0.2) is 0 Å². The SMILES string of the molecule is CCCCCCCCCC(=O)OCCNC(=O)OC[N+]1(C)CCN(C2=Nc3ccccc3Nc3sc(C)cc32)CC1. The van der Waals surface area contributed by atoms with Gasteiger partial charge in [-0.15, -0.1) is 11.3 Å². The first-order chi connectivity index (χ1) is 19.9. The van der Waals surface area contributed by atoms with E-state index < -0.39 is 6.09 Å². The molecular weight excluding hydrogens is 538 g/mol. The number of likely N-dealkylation sites (N-methyl/N-ethyl adjacent to an activating group) is 1. The van der Waals surface area contributed by atoms with E-state index in [1.807, 2.05) is 18.2 Å². The van der Waals surface area contributed by atoms with E-state index in [4.69, 9.17) is 14.5 Å². The number of para-hydroxylation sites is 2. The topological polar surface area (TPSA) is 92.3 Å². The molecule has 4 rings (SSSR count). The van der Waals surface area contributed by atoms with Gasteiger partial charge < -0.3 is 25.0 Å². The second-order valence-corrected chi connectivity index (χ2v) is 12.6. The van der Waals surface area contributed by atoms with E-state index in [1.165, 1.54) is 37.0 Å². The summed E-state index contributed by atoms with van der Waals surface area (Å²) < 4.78 is 11.4. The maximum Gasteiger partial charge on any atom is 0.411 e. The van der Waals surface area contributed by atoms with Crippen LogP contribution in [0, 0.1) is 6.92 Å². The lowest BCUT2D eigenvalue weighted by molar-refractivity contribution is -0.928. The number of aliphatic imine (C=N–C) groups is 1. The molecule has 1 saturated heterocycles. The summed E-state index contributed by atoms with van der Waals surface area (Å²) in [7, 11) is 2.11. The van der Waals surface area contributed by atoms with Crippen molar-refractivity contribution in [2.45, 2.75) is 65.2 Å². The molecular formula is C31H46N5O4S+. The lowest BCUT2D eigenvalue weighted by Gasteiger charge is -2.42. The first kappa shape index (κ1) is 30.8. The summed E-state index contributed by atoms with van der Waals surface area (Å²) in [5, 5.41) is 7.39. The number of ether oxygens (including phenoxy) is 2. The van der Waals surface area contributed by atoms with Crippen LogP contribution in [0.15, 0.2) is 35.3 Å². The third-order valence-corrected chi connectivity index (χ3v) is 8.69. The van der Waals surface area contributed by atoms with Crippen molar-refractivity contribution in [1.29, 1.82) is 0 Å². The number of aryl methyl sites for hydroxylation is 1. The van der Waals surface area contributed by atoms with Gasteiger partial charge in [0.05, 0.1) is 56.7 Å². The zero-order chi connectivity index (χ0) is 29.1. The van der Waals surface area contributed by atoms with Crippen molar-refractivity contribution in [3.8, 4) is 0 Å². The van der Waals surface area contributed by atoms with E-state index >= 15 is 0 Å². The summed E-state index contributed by atoms with van der Waals surface area (Å²) in [6, 6.07) is 10.4. The summed E-state index contributed by atoms with van der Waals surface area (Å²) in [6.45, 7) is 8.31. The molecule has 1 amide bonds. The molecule has 9 nitrogen and oxygen atoms in total. The molecule has 2 aliphatic rings. The van der Waals surface area contributed by atoms with Crippen LogP contribution in [-0.2, 0) is 14.3 Å². The molecule has 0 radical (unpaired) electrons. The number of nitrogens with zero attached hydrogens (tertiary/aromatic N) is 3. The zero-order valence-electron chi connectivity index (χ0n) is 24.9. The molecule has 1 aromatic heterocycles. The maximum absolute atomic E-state index is 12.3. The van der Waals surface area contributed by atoms with Gasteiger partial charge in [0.1, 0.15) is 17.4 Å². The van der Waals surface area contributed by atoms with Gasteiger partial charge in [0.2, 0.25) is 6.73 Å². The van der Waals surface area contributed by atoms with Crippen molar-refractivity contribution >= 4 is 45.6 Å². The number of piperazine rings is 1. The molecule has 1 aromatic carbocycles. The summed E-state index contributed by atoms with van der Waals surface area (Å²) >= 11 is 1.75. The van der Waals surface area contributed by atoms with Crippen LogP contribution in [0.1, 0.15) is 68.7 Å². The van der Waals surface area contributed by atoms with Gasteiger partial charge in [0.25, 0.3) is 0 Å². The molecule has 41 heavy (non-hydrogen) atoms. The molecule has 0 unspecified atom stereocenters. The third kappa shape index (κ3) is 9.19. The van der Waals surface area contributed by atoms with Crippen LogP contribution in [0.5, 0.6) is 0 Å². The summed E-state index contributed by atoms with van der Waals surface area (Å²) in [5.74, 6) is 0.792. The number of carbonyl (C=O) groups excluding carboxylic acids is 2. The molecule has 0 bridgehead atoms. The van der Waals surface area contributed by atoms with Crippen molar-refractivity contribution in [3.05, 3.63) is 40.8 Å². The lowest BCUT2D eigenvalue weighted by atomic mass is 10.1. The molecule has 0 saturated carbocycles. The summed E-state index contributed by atoms with van der Waals surface area (Å²) in [4.78, 5) is 32.8. The molecule has 0 spiro atoms. The van der Waals surface area contributed by atoms with Crippen LogP contribution in [0.4, 0.5) is 21.2 Å². The number of nitrogens with one attached hydrogen (secondary N) is 2. The molecule has 2 aliphatic heterocycles. The monoisotopic (exact) mass is 584 g/mol. The van der Waals surface area contributed by atoms with E-state index in [9.17, 15) is 9.59 Å². The number of amides is 1. The Hall–Kier alpha value is -3.11. The molecule has 0 aliphatic carbocycles. The number of thiophene rings is 1. The normalized spacial score (nSPS) is 15.6.